The van der Waals surface area contributed by atoms with Gasteiger partial charge in [-0.05, 0) is 35.6 Å². The number of aliphatic hydroxyl groups excluding tert-OH is 1. The molecule has 3 rings (SSSR count). The lowest BCUT2D eigenvalue weighted by Gasteiger charge is -2.34. The Bertz CT molecular complexity index is 978. The van der Waals surface area contributed by atoms with Crippen LogP contribution in [-0.4, -0.2) is 64.9 Å². The van der Waals surface area contributed by atoms with Gasteiger partial charge in [0.05, 0.1) is 6.61 Å². The molecule has 1 aliphatic carbocycles. The number of carboxylic acids is 1. The summed E-state index contributed by atoms with van der Waals surface area (Å²) in [4.78, 5) is 38.0. The Kier molecular flexibility index (Phi) is 7.71. The van der Waals surface area contributed by atoms with Crippen LogP contribution in [0.15, 0.2) is 48.5 Å². The first kappa shape index (κ1) is 24.3. The summed E-state index contributed by atoms with van der Waals surface area (Å²) in [5.41, 5.74) is 3.02. The third kappa shape index (κ3) is 5.34. The molecule has 0 radical (unpaired) electrons. The third-order valence-electron chi connectivity index (χ3n) is 5.93. The van der Waals surface area contributed by atoms with Crippen LogP contribution in [0.2, 0.25) is 0 Å². The van der Waals surface area contributed by atoms with Gasteiger partial charge in [0.2, 0.25) is 5.91 Å². The molecule has 0 aromatic heterocycles. The Morgan fingerprint density at radius 2 is 1.64 bits per heavy atom. The summed E-state index contributed by atoms with van der Waals surface area (Å²) in [6.07, 6.45) is 0.115. The molecule has 8 heteroatoms. The summed E-state index contributed by atoms with van der Waals surface area (Å²) in [6, 6.07) is 16.0. The predicted molar refractivity (Wildman–Crippen MR) is 123 cm³/mol. The minimum absolute atomic E-state index is 0.103. The number of aliphatic hydroxyl groups is 1. The number of nitrogens with one attached hydrogen (secondary N) is 1. The van der Waals surface area contributed by atoms with E-state index in [1.54, 1.807) is 6.92 Å². The number of amides is 2. The van der Waals surface area contributed by atoms with E-state index >= 15 is 0 Å². The number of rotatable bonds is 10. The van der Waals surface area contributed by atoms with Crippen molar-refractivity contribution in [1.29, 1.82) is 0 Å². The van der Waals surface area contributed by atoms with E-state index in [9.17, 15) is 19.5 Å². The first-order valence-electron chi connectivity index (χ1n) is 11.1. The smallest absolute Gasteiger partial charge is 0.408 e. The molecule has 0 heterocycles. The number of carbonyl (C=O) groups excluding carboxylic acids is 2. The Balaban J connectivity index is 1.73. The minimum atomic E-state index is -1.36. The normalized spacial score (nSPS) is 14.0. The number of hydrogen-bond acceptors (Lipinski definition) is 5. The van der Waals surface area contributed by atoms with Gasteiger partial charge in [0.25, 0.3) is 0 Å². The fraction of sp³-hybridized carbons (Fsp3) is 0.400. The number of carbonyl (C=O) groups is 3. The monoisotopic (exact) mass is 454 g/mol. The van der Waals surface area contributed by atoms with Crippen molar-refractivity contribution >= 4 is 18.0 Å². The number of nitrogens with zero attached hydrogens (tertiary/aromatic N) is 1. The van der Waals surface area contributed by atoms with E-state index in [1.165, 1.54) is 0 Å². The molecular weight excluding hydrogens is 424 g/mol. The van der Waals surface area contributed by atoms with Crippen LogP contribution in [0.25, 0.3) is 11.1 Å². The molecule has 0 bridgehead atoms. The van der Waals surface area contributed by atoms with Crippen molar-refractivity contribution < 1.29 is 29.3 Å². The van der Waals surface area contributed by atoms with Crippen molar-refractivity contribution in [2.45, 2.75) is 38.1 Å². The van der Waals surface area contributed by atoms with Gasteiger partial charge in [0.1, 0.15) is 18.7 Å². The summed E-state index contributed by atoms with van der Waals surface area (Å²) < 4.78 is 5.57. The largest absolute Gasteiger partial charge is 0.480 e. The minimum Gasteiger partial charge on any atom is -0.480 e. The Hall–Kier alpha value is -3.39. The highest BCUT2D eigenvalue weighted by Gasteiger charge is 2.39. The Morgan fingerprint density at radius 1 is 1.06 bits per heavy atom. The van der Waals surface area contributed by atoms with Crippen LogP contribution in [0.1, 0.15) is 43.7 Å². The number of hydrogen-bond donors (Lipinski definition) is 3. The van der Waals surface area contributed by atoms with Gasteiger partial charge < -0.3 is 25.2 Å². The molecule has 176 valence electrons. The third-order valence-corrected chi connectivity index (χ3v) is 5.93. The van der Waals surface area contributed by atoms with Gasteiger partial charge >= 0.3 is 12.1 Å². The molecular formula is C25H30N2O6. The van der Waals surface area contributed by atoms with E-state index in [-0.39, 0.29) is 32.1 Å². The lowest BCUT2D eigenvalue weighted by molar-refractivity contribution is -0.147. The molecule has 2 aromatic rings. The molecule has 0 saturated heterocycles. The van der Waals surface area contributed by atoms with Crippen molar-refractivity contribution in [3.63, 3.8) is 0 Å². The molecule has 0 fully saturated rings. The number of alkyl carbamates (subject to hydrolysis) is 1. The van der Waals surface area contributed by atoms with Gasteiger partial charge in [-0.15, -0.1) is 0 Å². The van der Waals surface area contributed by atoms with Crippen molar-refractivity contribution in [1.82, 2.24) is 10.2 Å². The van der Waals surface area contributed by atoms with Gasteiger partial charge in [-0.2, -0.15) is 0 Å². The second kappa shape index (κ2) is 10.5. The molecule has 33 heavy (non-hydrogen) atoms. The molecule has 0 saturated carbocycles. The van der Waals surface area contributed by atoms with Gasteiger partial charge in [-0.25, -0.2) is 4.79 Å². The zero-order chi connectivity index (χ0) is 24.0. The van der Waals surface area contributed by atoms with Crippen LogP contribution in [0.5, 0.6) is 0 Å². The zero-order valence-electron chi connectivity index (χ0n) is 18.9. The average Bonchev–Trinajstić information content (AvgIpc) is 3.10. The summed E-state index contributed by atoms with van der Waals surface area (Å²) in [5.74, 6) is -1.89. The van der Waals surface area contributed by atoms with E-state index in [1.807, 2.05) is 55.5 Å². The quantitative estimate of drug-likeness (QED) is 0.508. The van der Waals surface area contributed by atoms with E-state index in [2.05, 4.69) is 5.32 Å². The number of ether oxygens (including phenoxy) is 1. The van der Waals surface area contributed by atoms with Gasteiger partial charge in [0, 0.05) is 12.5 Å². The first-order valence-corrected chi connectivity index (χ1v) is 11.1. The molecule has 0 spiro atoms. The molecule has 0 aliphatic heterocycles. The highest BCUT2D eigenvalue weighted by Crippen LogP contribution is 2.44. The molecule has 3 N–H and O–H groups in total. The lowest BCUT2D eigenvalue weighted by atomic mass is 9.94. The van der Waals surface area contributed by atoms with Crippen LogP contribution in [0.3, 0.4) is 0 Å². The summed E-state index contributed by atoms with van der Waals surface area (Å²) in [5, 5.41) is 21.0. The fourth-order valence-corrected chi connectivity index (χ4v) is 4.47. The highest BCUT2D eigenvalue weighted by molar-refractivity contribution is 5.91. The molecule has 1 atom stereocenters. The fourth-order valence-electron chi connectivity index (χ4n) is 4.47. The topological polar surface area (TPSA) is 116 Å². The van der Waals surface area contributed by atoms with Crippen molar-refractivity contribution in [2.75, 3.05) is 26.3 Å². The summed E-state index contributed by atoms with van der Waals surface area (Å²) in [6.45, 7) is 2.42. The number of carboxylic acid groups (broad SMARTS) is 1. The van der Waals surface area contributed by atoms with Crippen LogP contribution in [0.4, 0.5) is 4.79 Å². The Morgan fingerprint density at radius 3 is 2.15 bits per heavy atom. The first-order chi connectivity index (χ1) is 15.8. The van der Waals surface area contributed by atoms with E-state index in [4.69, 9.17) is 9.84 Å². The number of benzene rings is 2. The van der Waals surface area contributed by atoms with E-state index in [0.29, 0.717) is 6.42 Å². The maximum atomic E-state index is 13.1. The molecule has 2 aromatic carbocycles. The van der Waals surface area contributed by atoms with Gasteiger partial charge in [0.15, 0.2) is 0 Å². The standard InChI is InChI=1S/C25H30N2O6/c1-3-12-25(2,23(31)27(13-14-28)15-22(29)30)26-24(32)33-16-21-19-10-6-4-8-17(19)18-9-5-7-11-20(18)21/h4-11,21,28H,3,12-16H2,1-2H3,(H,26,32)(H,29,30). The molecule has 8 nitrogen and oxygen atoms in total. The second-order valence-corrected chi connectivity index (χ2v) is 8.38. The molecule has 2 amide bonds. The number of aliphatic carboxylic acids is 1. The van der Waals surface area contributed by atoms with Crippen LogP contribution < -0.4 is 5.32 Å². The maximum Gasteiger partial charge on any atom is 0.408 e. The van der Waals surface area contributed by atoms with Crippen molar-refractivity contribution in [2.24, 2.45) is 0 Å². The number of fused-ring (bicyclic) bond motifs is 3. The van der Waals surface area contributed by atoms with Crippen LogP contribution in [-0.2, 0) is 14.3 Å². The van der Waals surface area contributed by atoms with Crippen molar-refractivity contribution in [3.05, 3.63) is 59.7 Å². The highest BCUT2D eigenvalue weighted by atomic mass is 16.5. The van der Waals surface area contributed by atoms with E-state index in [0.717, 1.165) is 27.2 Å². The summed E-state index contributed by atoms with van der Waals surface area (Å²) in [7, 11) is 0. The second-order valence-electron chi connectivity index (χ2n) is 8.38. The van der Waals surface area contributed by atoms with Crippen LogP contribution >= 0.6 is 0 Å². The predicted octanol–water partition coefficient (Wildman–Crippen LogP) is 2.99. The van der Waals surface area contributed by atoms with Crippen molar-refractivity contribution in [3.8, 4) is 11.1 Å². The Labute approximate surface area is 193 Å². The summed E-state index contributed by atoms with van der Waals surface area (Å²) >= 11 is 0. The van der Waals surface area contributed by atoms with Gasteiger partial charge in [-0.3, -0.25) is 9.59 Å². The van der Waals surface area contributed by atoms with Gasteiger partial charge in [-0.1, -0.05) is 61.9 Å². The van der Waals surface area contributed by atoms with E-state index < -0.39 is 30.1 Å². The molecule has 1 unspecified atom stereocenters. The molecule has 1 aliphatic rings. The average molecular weight is 455 g/mol. The maximum absolute atomic E-state index is 13.1. The lowest BCUT2D eigenvalue weighted by Crippen LogP contribution is -2.59. The SMILES string of the molecule is CCCC(C)(NC(=O)OCC1c2ccccc2-c2ccccc21)C(=O)N(CCO)CC(=O)O. The van der Waals surface area contributed by atoms with Crippen LogP contribution in [0, 0.1) is 0 Å². The zero-order valence-corrected chi connectivity index (χ0v) is 18.9.